The van der Waals surface area contributed by atoms with E-state index in [1.807, 2.05) is 0 Å². The molecule has 2 heteroatoms. The van der Waals surface area contributed by atoms with E-state index in [4.69, 9.17) is 4.74 Å². The molecule has 1 aromatic carbocycles. The topological polar surface area (TPSA) is 21.3 Å². The van der Waals surface area contributed by atoms with Crippen LogP contribution in [0.15, 0.2) is 24.3 Å². The van der Waals surface area contributed by atoms with Crippen LogP contribution < -0.4 is 5.32 Å². The van der Waals surface area contributed by atoms with Crippen molar-refractivity contribution < 1.29 is 4.74 Å². The highest BCUT2D eigenvalue weighted by molar-refractivity contribution is 5.30. The Hall–Kier alpha value is -0.860. The molecule has 2 rings (SSSR count). The standard InChI is InChI=1S/C14H21NO/c1-11-5-3-4-6-13(11)14-7-8-15-9-12(14)10-16-2/h3-6,12,14-15H,7-10H2,1-2H3. The van der Waals surface area contributed by atoms with Crippen LogP contribution in [0, 0.1) is 12.8 Å². The van der Waals surface area contributed by atoms with Gasteiger partial charge in [0.1, 0.15) is 0 Å². The highest BCUT2D eigenvalue weighted by Gasteiger charge is 2.26. The summed E-state index contributed by atoms with van der Waals surface area (Å²) in [5, 5.41) is 3.46. The Kier molecular flexibility index (Phi) is 3.97. The molecule has 2 nitrogen and oxygen atoms in total. The van der Waals surface area contributed by atoms with Crippen molar-refractivity contribution in [1.29, 1.82) is 0 Å². The van der Waals surface area contributed by atoms with Gasteiger partial charge in [0.05, 0.1) is 6.61 Å². The molecule has 1 fully saturated rings. The SMILES string of the molecule is COCC1CNCCC1c1ccccc1C. The maximum absolute atomic E-state index is 5.33. The van der Waals surface area contributed by atoms with Crippen molar-refractivity contribution in [2.75, 3.05) is 26.8 Å². The van der Waals surface area contributed by atoms with E-state index < -0.39 is 0 Å². The zero-order valence-electron chi connectivity index (χ0n) is 10.2. The van der Waals surface area contributed by atoms with E-state index in [0.29, 0.717) is 11.8 Å². The number of ether oxygens (including phenoxy) is 1. The Balaban J connectivity index is 2.19. The van der Waals surface area contributed by atoms with Crippen LogP contribution in [0.4, 0.5) is 0 Å². The number of benzene rings is 1. The molecule has 16 heavy (non-hydrogen) atoms. The summed E-state index contributed by atoms with van der Waals surface area (Å²) in [6, 6.07) is 8.74. The molecule has 0 spiro atoms. The summed E-state index contributed by atoms with van der Waals surface area (Å²) in [6.07, 6.45) is 1.22. The van der Waals surface area contributed by atoms with Gasteiger partial charge >= 0.3 is 0 Å². The Morgan fingerprint density at radius 1 is 1.38 bits per heavy atom. The highest BCUT2D eigenvalue weighted by atomic mass is 16.5. The van der Waals surface area contributed by atoms with Gasteiger partial charge in [-0.05, 0) is 36.9 Å². The lowest BCUT2D eigenvalue weighted by Gasteiger charge is -2.33. The monoisotopic (exact) mass is 219 g/mol. The molecule has 1 heterocycles. The average molecular weight is 219 g/mol. The molecular weight excluding hydrogens is 198 g/mol. The van der Waals surface area contributed by atoms with E-state index in [1.54, 1.807) is 7.11 Å². The first-order chi connectivity index (χ1) is 7.83. The van der Waals surface area contributed by atoms with Crippen LogP contribution in [-0.4, -0.2) is 26.8 Å². The normalized spacial score (nSPS) is 25.6. The van der Waals surface area contributed by atoms with Gasteiger partial charge in [-0.1, -0.05) is 24.3 Å². The largest absolute Gasteiger partial charge is 0.384 e. The zero-order chi connectivity index (χ0) is 11.4. The minimum Gasteiger partial charge on any atom is -0.384 e. The van der Waals surface area contributed by atoms with E-state index in [1.165, 1.54) is 17.5 Å². The lowest BCUT2D eigenvalue weighted by atomic mass is 9.80. The van der Waals surface area contributed by atoms with Crippen molar-refractivity contribution in [3.05, 3.63) is 35.4 Å². The molecule has 1 N–H and O–H groups in total. The second-order valence-electron chi connectivity index (χ2n) is 4.67. The maximum Gasteiger partial charge on any atom is 0.0508 e. The molecule has 1 aliphatic rings. The molecule has 0 bridgehead atoms. The molecule has 88 valence electrons. The van der Waals surface area contributed by atoms with Gasteiger partial charge in [0.2, 0.25) is 0 Å². The van der Waals surface area contributed by atoms with Gasteiger partial charge in [0.25, 0.3) is 0 Å². The highest BCUT2D eigenvalue weighted by Crippen LogP contribution is 2.32. The van der Waals surface area contributed by atoms with Crippen LogP contribution in [-0.2, 0) is 4.74 Å². The van der Waals surface area contributed by atoms with Crippen LogP contribution in [0.1, 0.15) is 23.5 Å². The minimum atomic E-state index is 0.611. The van der Waals surface area contributed by atoms with Gasteiger partial charge < -0.3 is 10.1 Å². The number of piperidine rings is 1. The fourth-order valence-electron chi connectivity index (χ4n) is 2.72. The summed E-state index contributed by atoms with van der Waals surface area (Å²) in [5.74, 6) is 1.27. The molecule has 0 amide bonds. The molecule has 1 saturated heterocycles. The Labute approximate surface area is 98.0 Å². The third-order valence-electron chi connectivity index (χ3n) is 3.58. The summed E-state index contributed by atoms with van der Waals surface area (Å²) >= 11 is 0. The second kappa shape index (κ2) is 5.46. The lowest BCUT2D eigenvalue weighted by molar-refractivity contribution is 0.125. The number of methoxy groups -OCH3 is 1. The Morgan fingerprint density at radius 3 is 2.94 bits per heavy atom. The first kappa shape index (κ1) is 11.6. The fraction of sp³-hybridized carbons (Fsp3) is 0.571. The number of aryl methyl sites for hydroxylation is 1. The number of nitrogens with one attached hydrogen (secondary N) is 1. The van der Waals surface area contributed by atoms with E-state index in [2.05, 4.69) is 36.5 Å². The summed E-state index contributed by atoms with van der Waals surface area (Å²) in [7, 11) is 1.80. The average Bonchev–Trinajstić information content (AvgIpc) is 2.31. The van der Waals surface area contributed by atoms with Crippen molar-refractivity contribution in [2.45, 2.75) is 19.3 Å². The van der Waals surface area contributed by atoms with E-state index in [9.17, 15) is 0 Å². The smallest absolute Gasteiger partial charge is 0.0508 e. The van der Waals surface area contributed by atoms with Gasteiger partial charge in [-0.25, -0.2) is 0 Å². The Morgan fingerprint density at radius 2 is 2.19 bits per heavy atom. The summed E-state index contributed by atoms with van der Waals surface area (Å²) in [5.41, 5.74) is 2.92. The minimum absolute atomic E-state index is 0.611. The first-order valence-electron chi connectivity index (χ1n) is 6.08. The quantitative estimate of drug-likeness (QED) is 0.842. The van der Waals surface area contributed by atoms with Crippen LogP contribution in [0.5, 0.6) is 0 Å². The molecule has 1 aromatic rings. The van der Waals surface area contributed by atoms with Crippen LogP contribution >= 0.6 is 0 Å². The van der Waals surface area contributed by atoms with Gasteiger partial charge in [-0.15, -0.1) is 0 Å². The fourth-order valence-corrected chi connectivity index (χ4v) is 2.72. The van der Waals surface area contributed by atoms with Crippen molar-refractivity contribution >= 4 is 0 Å². The molecule has 1 aliphatic heterocycles. The van der Waals surface area contributed by atoms with Crippen LogP contribution in [0.2, 0.25) is 0 Å². The van der Waals surface area contributed by atoms with Crippen LogP contribution in [0.25, 0.3) is 0 Å². The second-order valence-corrected chi connectivity index (χ2v) is 4.67. The van der Waals surface area contributed by atoms with Crippen molar-refractivity contribution in [3.8, 4) is 0 Å². The van der Waals surface area contributed by atoms with Crippen LogP contribution in [0.3, 0.4) is 0 Å². The molecular formula is C14H21NO. The first-order valence-corrected chi connectivity index (χ1v) is 6.08. The predicted octanol–water partition coefficient (Wildman–Crippen LogP) is 2.33. The maximum atomic E-state index is 5.33. The summed E-state index contributed by atoms with van der Waals surface area (Å²) < 4.78 is 5.33. The molecule has 0 radical (unpaired) electrons. The summed E-state index contributed by atoms with van der Waals surface area (Å²) in [6.45, 7) is 5.26. The van der Waals surface area contributed by atoms with Gasteiger partial charge in [0, 0.05) is 19.6 Å². The molecule has 2 atom stereocenters. The van der Waals surface area contributed by atoms with Gasteiger partial charge in [-0.3, -0.25) is 0 Å². The third-order valence-corrected chi connectivity index (χ3v) is 3.58. The predicted molar refractivity (Wildman–Crippen MR) is 66.8 cm³/mol. The number of hydrogen-bond donors (Lipinski definition) is 1. The van der Waals surface area contributed by atoms with E-state index in [0.717, 1.165) is 19.7 Å². The lowest BCUT2D eigenvalue weighted by Crippen LogP contribution is -2.37. The number of rotatable bonds is 3. The Bertz CT molecular complexity index is 335. The van der Waals surface area contributed by atoms with Crippen molar-refractivity contribution in [1.82, 2.24) is 5.32 Å². The zero-order valence-corrected chi connectivity index (χ0v) is 10.2. The van der Waals surface area contributed by atoms with Gasteiger partial charge in [0.15, 0.2) is 0 Å². The van der Waals surface area contributed by atoms with Crippen molar-refractivity contribution in [3.63, 3.8) is 0 Å². The number of hydrogen-bond acceptors (Lipinski definition) is 2. The molecule has 0 aliphatic carbocycles. The molecule has 0 saturated carbocycles. The van der Waals surface area contributed by atoms with Crippen molar-refractivity contribution in [2.24, 2.45) is 5.92 Å². The van der Waals surface area contributed by atoms with E-state index in [-0.39, 0.29) is 0 Å². The van der Waals surface area contributed by atoms with E-state index >= 15 is 0 Å². The third kappa shape index (κ3) is 2.45. The molecule has 2 unspecified atom stereocenters. The molecule has 0 aromatic heterocycles. The summed E-state index contributed by atoms with van der Waals surface area (Å²) in [4.78, 5) is 0. The van der Waals surface area contributed by atoms with Gasteiger partial charge in [-0.2, -0.15) is 0 Å².